The Hall–Kier alpha value is -8.54. The predicted octanol–water partition coefficient (Wildman–Crippen LogP) is 14.8. The Morgan fingerprint density at radius 3 is 1.25 bits per heavy atom. The van der Waals surface area contributed by atoms with E-state index in [0.717, 1.165) is 72.5 Å². The van der Waals surface area contributed by atoms with Crippen LogP contribution in [0.5, 0.6) is 0 Å². The van der Waals surface area contributed by atoms with Crippen LogP contribution in [0.2, 0.25) is 0 Å². The van der Waals surface area contributed by atoms with Gasteiger partial charge in [0.2, 0.25) is 0 Å². The van der Waals surface area contributed by atoms with Crippen LogP contribution in [0.4, 0.5) is 0 Å². The van der Waals surface area contributed by atoms with Gasteiger partial charge in [0, 0.05) is 67.2 Å². The first-order chi connectivity index (χ1) is 31.3. The average Bonchev–Trinajstić information content (AvgIpc) is 3.99. The van der Waals surface area contributed by atoms with Crippen LogP contribution in [0.3, 0.4) is 0 Å². The highest BCUT2D eigenvalue weighted by Gasteiger charge is 2.23. The summed E-state index contributed by atoms with van der Waals surface area (Å²) in [6.07, 6.45) is 3.80. The quantitative estimate of drug-likeness (QED) is 0.168. The largest absolute Gasteiger partial charge is 0.309 e. The van der Waals surface area contributed by atoms with E-state index in [1.165, 1.54) is 43.6 Å². The molecule has 8 aromatic carbocycles. The number of rotatable bonds is 6. The van der Waals surface area contributed by atoms with Crippen LogP contribution in [-0.2, 0) is 0 Å². The van der Waals surface area contributed by atoms with E-state index < -0.39 is 0 Å². The van der Waals surface area contributed by atoms with Crippen LogP contribution in [0.25, 0.3) is 116 Å². The van der Waals surface area contributed by atoms with Crippen molar-refractivity contribution in [2.75, 3.05) is 0 Å². The minimum Gasteiger partial charge on any atom is -0.309 e. The normalized spacial score (nSPS) is 11.8. The molecular weight excluding hydrogens is 767 g/mol. The maximum Gasteiger partial charge on any atom is 0.146 e. The van der Waals surface area contributed by atoms with Gasteiger partial charge in [-0.2, -0.15) is 0 Å². The monoisotopic (exact) mass is 803 g/mol. The third-order valence-corrected chi connectivity index (χ3v) is 12.8. The highest BCUT2D eigenvalue weighted by Crippen LogP contribution is 2.43. The van der Waals surface area contributed by atoms with E-state index in [4.69, 9.17) is 4.98 Å². The Kier molecular flexibility index (Phi) is 7.84. The zero-order valence-electron chi connectivity index (χ0n) is 34.1. The topological polar surface area (TPSA) is 40.6 Å². The van der Waals surface area contributed by atoms with Gasteiger partial charge < -0.3 is 9.13 Å². The second kappa shape index (κ2) is 14.0. The van der Waals surface area contributed by atoms with Crippen LogP contribution in [0.1, 0.15) is 0 Å². The zero-order valence-corrected chi connectivity index (χ0v) is 34.1. The SMILES string of the molecule is c1ccc(-c2c(-c3ccc(-c4ccccn4)cc3)ccnc2-n2c3ccc(-n4c5ccccc5c5ccccc54)cc3c3cc(-n4c5ccccc5c5ccccc54)ccc32)cc1. The second-order valence-electron chi connectivity index (χ2n) is 16.2. The molecule has 0 aliphatic carbocycles. The summed E-state index contributed by atoms with van der Waals surface area (Å²) >= 11 is 0. The number of hydrogen-bond donors (Lipinski definition) is 0. The molecule has 294 valence electrons. The smallest absolute Gasteiger partial charge is 0.146 e. The molecule has 0 bridgehead atoms. The lowest BCUT2D eigenvalue weighted by Gasteiger charge is -2.18. The molecule has 5 heterocycles. The maximum atomic E-state index is 5.30. The summed E-state index contributed by atoms with van der Waals surface area (Å²) in [6.45, 7) is 0. The lowest BCUT2D eigenvalue weighted by Crippen LogP contribution is -2.02. The van der Waals surface area contributed by atoms with Gasteiger partial charge in [-0.1, -0.05) is 133 Å². The van der Waals surface area contributed by atoms with Gasteiger partial charge in [-0.25, -0.2) is 4.98 Å². The van der Waals surface area contributed by atoms with Gasteiger partial charge in [0.05, 0.1) is 38.8 Å². The lowest BCUT2D eigenvalue weighted by molar-refractivity contribution is 1.08. The highest BCUT2D eigenvalue weighted by molar-refractivity contribution is 6.14. The van der Waals surface area contributed by atoms with Gasteiger partial charge in [0.1, 0.15) is 5.82 Å². The maximum absolute atomic E-state index is 5.30. The van der Waals surface area contributed by atoms with Crippen LogP contribution < -0.4 is 0 Å². The first-order valence-corrected chi connectivity index (χ1v) is 21.4. The minimum absolute atomic E-state index is 0.877. The number of nitrogens with zero attached hydrogens (tertiary/aromatic N) is 5. The van der Waals surface area contributed by atoms with Gasteiger partial charge >= 0.3 is 0 Å². The lowest BCUT2D eigenvalue weighted by atomic mass is 9.94. The van der Waals surface area contributed by atoms with E-state index in [9.17, 15) is 0 Å². The summed E-state index contributed by atoms with van der Waals surface area (Å²) in [7, 11) is 0. The average molecular weight is 804 g/mol. The Balaban J connectivity index is 1.10. The fraction of sp³-hybridized carbons (Fsp3) is 0. The predicted molar refractivity (Wildman–Crippen MR) is 261 cm³/mol. The molecule has 5 aromatic heterocycles. The fourth-order valence-corrected chi connectivity index (χ4v) is 10.0. The van der Waals surface area contributed by atoms with Crippen molar-refractivity contribution in [3.8, 4) is 50.7 Å². The van der Waals surface area contributed by atoms with Gasteiger partial charge in [-0.15, -0.1) is 0 Å². The molecular formula is C58H37N5. The van der Waals surface area contributed by atoms with Crippen molar-refractivity contribution in [2.45, 2.75) is 0 Å². The molecule has 0 saturated heterocycles. The van der Waals surface area contributed by atoms with Crippen molar-refractivity contribution in [1.29, 1.82) is 0 Å². The van der Waals surface area contributed by atoms with Gasteiger partial charge in [-0.05, 0) is 95.6 Å². The molecule has 63 heavy (non-hydrogen) atoms. The Bertz CT molecular complexity index is 3620. The van der Waals surface area contributed by atoms with E-state index in [1.807, 2.05) is 24.5 Å². The summed E-state index contributed by atoms with van der Waals surface area (Å²) in [6, 6.07) is 76.4. The van der Waals surface area contributed by atoms with Crippen LogP contribution in [0, 0.1) is 0 Å². The molecule has 13 rings (SSSR count). The summed E-state index contributed by atoms with van der Waals surface area (Å²) in [5, 5.41) is 7.27. The molecule has 0 amide bonds. The molecule has 13 aromatic rings. The van der Waals surface area contributed by atoms with Crippen LogP contribution in [-0.4, -0.2) is 23.7 Å². The van der Waals surface area contributed by atoms with E-state index >= 15 is 0 Å². The highest BCUT2D eigenvalue weighted by atomic mass is 15.1. The first kappa shape index (κ1) is 35.2. The van der Waals surface area contributed by atoms with Crippen molar-refractivity contribution < 1.29 is 0 Å². The zero-order chi connectivity index (χ0) is 41.4. The number of pyridine rings is 2. The van der Waals surface area contributed by atoms with E-state index in [-0.39, 0.29) is 0 Å². The summed E-state index contributed by atoms with van der Waals surface area (Å²) in [5.74, 6) is 0.877. The number of hydrogen-bond acceptors (Lipinski definition) is 2. The van der Waals surface area contributed by atoms with Gasteiger partial charge in [0.15, 0.2) is 0 Å². The summed E-state index contributed by atoms with van der Waals surface area (Å²) < 4.78 is 7.20. The number of benzene rings is 8. The van der Waals surface area contributed by atoms with E-state index in [2.05, 4.69) is 219 Å². The molecule has 0 N–H and O–H groups in total. The molecule has 0 saturated carbocycles. The van der Waals surface area contributed by atoms with Crippen LogP contribution >= 0.6 is 0 Å². The van der Waals surface area contributed by atoms with Crippen molar-refractivity contribution in [1.82, 2.24) is 23.7 Å². The minimum atomic E-state index is 0.877. The van der Waals surface area contributed by atoms with Crippen molar-refractivity contribution in [3.63, 3.8) is 0 Å². The molecule has 5 heteroatoms. The van der Waals surface area contributed by atoms with Crippen molar-refractivity contribution in [3.05, 3.63) is 225 Å². The standard InChI is InChI=1S/C58H37N5/c1-2-14-40(15-3-1)57-43(38-25-27-39(28-26-38)50-20-12-13-34-59-50)33-35-60-58(57)63-55-31-29-41(61-51-21-8-4-16-44(51)45-17-5-9-22-52(45)61)36-48(55)49-37-42(30-32-56(49)63)62-53-23-10-6-18-46(53)47-19-7-11-24-54(47)62/h1-37H. The molecule has 0 unspecified atom stereocenters. The van der Waals surface area contributed by atoms with Crippen molar-refractivity contribution in [2.24, 2.45) is 0 Å². The third kappa shape index (κ3) is 5.43. The molecule has 0 fully saturated rings. The van der Waals surface area contributed by atoms with Gasteiger partial charge in [-0.3, -0.25) is 9.55 Å². The molecule has 0 radical (unpaired) electrons. The van der Waals surface area contributed by atoms with Crippen molar-refractivity contribution >= 4 is 65.4 Å². The molecule has 0 aliphatic heterocycles. The summed E-state index contributed by atoms with van der Waals surface area (Å²) in [4.78, 5) is 9.91. The first-order valence-electron chi connectivity index (χ1n) is 21.4. The Morgan fingerprint density at radius 2 is 0.746 bits per heavy atom. The molecule has 0 aliphatic rings. The molecule has 5 nitrogen and oxygen atoms in total. The second-order valence-corrected chi connectivity index (χ2v) is 16.2. The molecule has 0 atom stereocenters. The Labute approximate surface area is 363 Å². The van der Waals surface area contributed by atoms with Crippen LogP contribution in [0.15, 0.2) is 225 Å². The number of fused-ring (bicyclic) bond motifs is 9. The molecule has 0 spiro atoms. The third-order valence-electron chi connectivity index (χ3n) is 12.8. The van der Waals surface area contributed by atoms with E-state index in [1.54, 1.807) is 0 Å². The van der Waals surface area contributed by atoms with E-state index in [0.29, 0.717) is 0 Å². The summed E-state index contributed by atoms with van der Waals surface area (Å²) in [5.41, 5.74) is 15.5. The number of para-hydroxylation sites is 4. The van der Waals surface area contributed by atoms with Gasteiger partial charge in [0.25, 0.3) is 0 Å². The fourth-order valence-electron chi connectivity index (χ4n) is 10.0. The number of aromatic nitrogens is 5. The Morgan fingerprint density at radius 1 is 0.286 bits per heavy atom.